The third-order valence-corrected chi connectivity index (χ3v) is 2.34. The topological polar surface area (TPSA) is 22.8 Å². The molecule has 0 radical (unpaired) electrons. The molecule has 0 bridgehead atoms. The number of hydrogen-bond acceptors (Lipinski definition) is 1. The zero-order chi connectivity index (χ0) is 11.9. The molecule has 86 valence electrons. The minimum absolute atomic E-state index is 0.00120. The zero-order valence-electron chi connectivity index (χ0n) is 8.78. The molecule has 2 aromatic rings. The second kappa shape index (κ2) is 3.40. The molecular weight excluding hydrogens is 219 g/mol. The molecule has 0 saturated carbocycles. The van der Waals surface area contributed by atoms with Crippen molar-refractivity contribution in [2.24, 2.45) is 0 Å². The molecular formula is C10H10F3N3. The number of aryl methyl sites for hydroxylation is 2. The van der Waals surface area contributed by atoms with E-state index in [9.17, 15) is 13.2 Å². The summed E-state index contributed by atoms with van der Waals surface area (Å²) < 4.78 is 38.7. The standard InChI is InChI=1S/C10H10F3N3/c1-7-3-4-8(2)16(7)9-5-6-15(14-9)10(11,12)13/h3-6H,1-2H3. The summed E-state index contributed by atoms with van der Waals surface area (Å²) in [4.78, 5) is 0. The van der Waals surface area contributed by atoms with Gasteiger partial charge < -0.3 is 4.57 Å². The Hall–Kier alpha value is -1.72. The Kier molecular flexibility index (Phi) is 2.29. The summed E-state index contributed by atoms with van der Waals surface area (Å²) in [6, 6.07) is 5.01. The number of aromatic nitrogens is 3. The van der Waals surface area contributed by atoms with Crippen LogP contribution in [-0.2, 0) is 6.30 Å². The molecule has 0 fully saturated rings. The van der Waals surface area contributed by atoms with Gasteiger partial charge in [0.1, 0.15) is 0 Å². The van der Waals surface area contributed by atoms with Gasteiger partial charge in [0.25, 0.3) is 0 Å². The summed E-state index contributed by atoms with van der Waals surface area (Å²) in [6.45, 7) is 3.64. The van der Waals surface area contributed by atoms with Crippen molar-refractivity contribution in [3.8, 4) is 5.82 Å². The average molecular weight is 229 g/mol. The number of rotatable bonds is 1. The monoisotopic (exact) mass is 229 g/mol. The molecule has 2 rings (SSSR count). The van der Waals surface area contributed by atoms with Crippen LogP contribution in [0.5, 0.6) is 0 Å². The largest absolute Gasteiger partial charge is 0.504 e. The van der Waals surface area contributed by atoms with E-state index in [-0.39, 0.29) is 10.5 Å². The summed E-state index contributed by atoms with van der Waals surface area (Å²) in [6.07, 6.45) is -3.55. The minimum Gasteiger partial charge on any atom is -0.302 e. The van der Waals surface area contributed by atoms with Gasteiger partial charge in [0, 0.05) is 23.7 Å². The van der Waals surface area contributed by atoms with Crippen molar-refractivity contribution in [3.63, 3.8) is 0 Å². The Morgan fingerprint density at radius 2 is 1.62 bits per heavy atom. The van der Waals surface area contributed by atoms with Crippen molar-refractivity contribution in [3.05, 3.63) is 35.8 Å². The SMILES string of the molecule is Cc1ccc(C)n1-c1ccn(C(F)(F)F)n1. The van der Waals surface area contributed by atoms with Crippen molar-refractivity contribution >= 4 is 0 Å². The third-order valence-electron chi connectivity index (χ3n) is 2.34. The lowest BCUT2D eigenvalue weighted by Crippen LogP contribution is -2.17. The Morgan fingerprint density at radius 1 is 1.06 bits per heavy atom. The molecule has 0 spiro atoms. The minimum atomic E-state index is -4.47. The molecule has 0 aliphatic rings. The molecule has 3 nitrogen and oxygen atoms in total. The Bertz CT molecular complexity index is 488. The van der Waals surface area contributed by atoms with Gasteiger partial charge in [-0.1, -0.05) is 0 Å². The lowest BCUT2D eigenvalue weighted by molar-refractivity contribution is -0.212. The Labute approximate surface area is 90.1 Å². The summed E-state index contributed by atoms with van der Waals surface area (Å²) in [7, 11) is 0. The summed E-state index contributed by atoms with van der Waals surface area (Å²) in [5.74, 6) is 0.275. The van der Waals surface area contributed by atoms with Gasteiger partial charge in [-0.15, -0.1) is 18.3 Å². The lowest BCUT2D eigenvalue weighted by atomic mass is 10.5. The highest BCUT2D eigenvalue weighted by molar-refractivity contribution is 5.30. The first kappa shape index (κ1) is 10.8. The molecule has 0 aliphatic heterocycles. The average Bonchev–Trinajstić information content (AvgIpc) is 2.72. The molecule has 16 heavy (non-hydrogen) atoms. The quantitative estimate of drug-likeness (QED) is 0.737. The van der Waals surface area contributed by atoms with E-state index in [1.807, 2.05) is 26.0 Å². The highest BCUT2D eigenvalue weighted by atomic mass is 19.4. The predicted octanol–water partition coefficient (Wildman–Crippen LogP) is 2.77. The van der Waals surface area contributed by atoms with E-state index in [2.05, 4.69) is 5.10 Å². The van der Waals surface area contributed by atoms with E-state index in [1.54, 1.807) is 4.57 Å². The molecule has 0 amide bonds. The summed E-state index contributed by atoms with van der Waals surface area (Å²) >= 11 is 0. The van der Waals surface area contributed by atoms with Crippen molar-refractivity contribution in [2.45, 2.75) is 20.1 Å². The van der Waals surface area contributed by atoms with Crippen LogP contribution in [0, 0.1) is 13.8 Å². The van der Waals surface area contributed by atoms with Crippen molar-refractivity contribution < 1.29 is 13.2 Å². The van der Waals surface area contributed by atoms with Crippen molar-refractivity contribution in [1.82, 2.24) is 14.3 Å². The molecule has 0 N–H and O–H groups in total. The molecule has 2 heterocycles. The fraction of sp³-hybridized carbons (Fsp3) is 0.300. The van der Waals surface area contributed by atoms with Crippen LogP contribution in [0.4, 0.5) is 13.2 Å². The number of nitrogens with zero attached hydrogens (tertiary/aromatic N) is 3. The molecule has 0 unspecified atom stereocenters. The van der Waals surface area contributed by atoms with E-state index in [1.165, 1.54) is 6.07 Å². The fourth-order valence-corrected chi connectivity index (χ4v) is 1.60. The van der Waals surface area contributed by atoms with Gasteiger partial charge in [-0.3, -0.25) is 0 Å². The smallest absolute Gasteiger partial charge is 0.302 e. The van der Waals surface area contributed by atoms with Gasteiger partial charge >= 0.3 is 6.30 Å². The van der Waals surface area contributed by atoms with Gasteiger partial charge in [0.15, 0.2) is 5.82 Å². The highest BCUT2D eigenvalue weighted by Crippen LogP contribution is 2.22. The highest BCUT2D eigenvalue weighted by Gasteiger charge is 2.31. The second-order valence-corrected chi connectivity index (χ2v) is 3.54. The number of alkyl halides is 3. The van der Waals surface area contributed by atoms with Crippen LogP contribution in [0.2, 0.25) is 0 Å². The van der Waals surface area contributed by atoms with Crippen LogP contribution < -0.4 is 0 Å². The van der Waals surface area contributed by atoms with Crippen LogP contribution in [0.3, 0.4) is 0 Å². The number of hydrogen-bond donors (Lipinski definition) is 0. The van der Waals surface area contributed by atoms with E-state index in [0.717, 1.165) is 17.6 Å². The molecule has 6 heteroatoms. The van der Waals surface area contributed by atoms with E-state index < -0.39 is 6.30 Å². The lowest BCUT2D eigenvalue weighted by Gasteiger charge is -2.07. The first-order chi connectivity index (χ1) is 7.39. The molecule has 2 aromatic heterocycles. The van der Waals surface area contributed by atoms with Gasteiger partial charge in [0.2, 0.25) is 0 Å². The van der Waals surface area contributed by atoms with Crippen LogP contribution in [0.15, 0.2) is 24.4 Å². The molecule has 0 aromatic carbocycles. The van der Waals surface area contributed by atoms with Gasteiger partial charge in [0.05, 0.1) is 0 Å². The summed E-state index contributed by atoms with van der Waals surface area (Å²) in [5, 5.41) is 3.50. The Morgan fingerprint density at radius 3 is 2.06 bits per heavy atom. The molecule has 0 aliphatic carbocycles. The van der Waals surface area contributed by atoms with Crippen LogP contribution in [0.1, 0.15) is 11.4 Å². The van der Waals surface area contributed by atoms with Gasteiger partial charge in [-0.2, -0.15) is 4.68 Å². The van der Waals surface area contributed by atoms with Crippen molar-refractivity contribution in [1.29, 1.82) is 0 Å². The second-order valence-electron chi connectivity index (χ2n) is 3.54. The molecule has 0 saturated heterocycles. The zero-order valence-corrected chi connectivity index (χ0v) is 8.78. The molecule has 0 atom stereocenters. The third kappa shape index (κ3) is 1.70. The first-order valence-corrected chi connectivity index (χ1v) is 4.68. The maximum absolute atomic E-state index is 12.3. The maximum atomic E-state index is 12.3. The van der Waals surface area contributed by atoms with Gasteiger partial charge in [-0.05, 0) is 26.0 Å². The van der Waals surface area contributed by atoms with Crippen LogP contribution >= 0.6 is 0 Å². The van der Waals surface area contributed by atoms with E-state index in [4.69, 9.17) is 0 Å². The van der Waals surface area contributed by atoms with Crippen LogP contribution in [0.25, 0.3) is 5.82 Å². The fourth-order valence-electron chi connectivity index (χ4n) is 1.60. The van der Waals surface area contributed by atoms with Gasteiger partial charge in [-0.25, -0.2) is 0 Å². The van der Waals surface area contributed by atoms with Crippen molar-refractivity contribution in [2.75, 3.05) is 0 Å². The van der Waals surface area contributed by atoms with E-state index >= 15 is 0 Å². The predicted molar refractivity (Wildman–Crippen MR) is 52.3 cm³/mol. The first-order valence-electron chi connectivity index (χ1n) is 4.68. The maximum Gasteiger partial charge on any atom is 0.504 e. The summed E-state index contributed by atoms with van der Waals surface area (Å²) in [5.41, 5.74) is 1.70. The normalized spacial score (nSPS) is 12.1. The van der Waals surface area contributed by atoms with E-state index in [0.29, 0.717) is 0 Å². The Balaban J connectivity index is 2.47. The number of halogens is 3. The van der Waals surface area contributed by atoms with Crippen LogP contribution in [-0.4, -0.2) is 14.3 Å².